The smallest absolute Gasteiger partial charge is 0.417 e. The van der Waals surface area contributed by atoms with Gasteiger partial charge in [0, 0.05) is 17.2 Å². The Morgan fingerprint density at radius 2 is 1.80 bits per heavy atom. The fraction of sp³-hybridized carbons (Fsp3) is 0.0909. The van der Waals surface area contributed by atoms with Crippen LogP contribution >= 0.6 is 11.3 Å². The van der Waals surface area contributed by atoms with Gasteiger partial charge in [0.05, 0.1) is 23.7 Å². The van der Waals surface area contributed by atoms with Crippen molar-refractivity contribution in [1.29, 1.82) is 0 Å². The molecular weight excluding hydrogens is 413 g/mol. The van der Waals surface area contributed by atoms with Gasteiger partial charge in [-0.3, -0.25) is 4.79 Å². The molecule has 2 aromatic carbocycles. The summed E-state index contributed by atoms with van der Waals surface area (Å²) in [5, 5.41) is -0.196. The summed E-state index contributed by atoms with van der Waals surface area (Å²) in [5.74, 6) is 0.00447. The molecule has 4 rings (SSSR count). The maximum Gasteiger partial charge on any atom is 0.417 e. The van der Waals surface area contributed by atoms with E-state index in [1.807, 2.05) is 0 Å². The minimum absolute atomic E-state index is 0.0465. The van der Waals surface area contributed by atoms with Crippen LogP contribution in [0.25, 0.3) is 21.5 Å². The van der Waals surface area contributed by atoms with E-state index in [-0.39, 0.29) is 32.0 Å². The van der Waals surface area contributed by atoms with E-state index < -0.39 is 17.5 Å². The molecule has 4 aromatic rings. The van der Waals surface area contributed by atoms with Crippen LogP contribution in [-0.2, 0) is 6.18 Å². The number of anilines is 1. The number of thiophene rings is 1. The van der Waals surface area contributed by atoms with Gasteiger partial charge in [0.1, 0.15) is 10.6 Å². The molecule has 0 spiro atoms. The number of pyridine rings is 1. The van der Waals surface area contributed by atoms with Crippen LogP contribution in [0.1, 0.15) is 20.8 Å². The molecule has 0 amide bonds. The van der Waals surface area contributed by atoms with Gasteiger partial charge in [-0.2, -0.15) is 18.2 Å². The topological polar surface area (TPSA) is 66.5 Å². The third-order valence-electron chi connectivity index (χ3n) is 4.68. The average molecular weight is 429 g/mol. The number of alkyl halides is 3. The summed E-state index contributed by atoms with van der Waals surface area (Å²) < 4.78 is 46.7. The number of aromatic nitrogens is 1. The number of nitrogen functional groups attached to an aromatic ring is 1. The zero-order chi connectivity index (χ0) is 21.5. The number of ether oxygens (including phenoxy) is 1. The number of methoxy groups -OCH3 is 1. The Labute approximate surface area is 173 Å². The molecule has 3 N–H and O–H groups in total. The summed E-state index contributed by atoms with van der Waals surface area (Å²) in [6.07, 6.45) is -4.64. The number of nitrogens with one attached hydrogen (secondary N) is 1. The van der Waals surface area contributed by atoms with Crippen LogP contribution in [0.5, 0.6) is 5.75 Å². The number of H-pyrrole nitrogens is 1. The van der Waals surface area contributed by atoms with Crippen molar-refractivity contribution in [2.24, 2.45) is 0 Å². The molecule has 0 atom stereocenters. The summed E-state index contributed by atoms with van der Waals surface area (Å²) in [5.41, 5.74) is 6.17. The van der Waals surface area contributed by atoms with Gasteiger partial charge >= 0.3 is 6.18 Å². The van der Waals surface area contributed by atoms with Crippen molar-refractivity contribution in [2.75, 3.05) is 12.8 Å². The molecule has 0 fully saturated rings. The number of ketones is 1. The Morgan fingerprint density at radius 3 is 2.47 bits per heavy atom. The molecule has 2 heterocycles. The molecule has 0 saturated heterocycles. The van der Waals surface area contributed by atoms with Crippen LogP contribution in [0.4, 0.5) is 18.9 Å². The summed E-state index contributed by atoms with van der Waals surface area (Å²) in [4.78, 5) is 16.2. The van der Waals surface area contributed by atoms with E-state index in [1.165, 1.54) is 13.2 Å². The molecule has 0 bridgehead atoms. The lowest BCUT2D eigenvalue weighted by atomic mass is 10.0. The number of rotatable bonds is 4. The summed E-state index contributed by atoms with van der Waals surface area (Å²) >= 11 is 0.908. The molecular formula is C22H16F3N2O2S+. The first kappa shape index (κ1) is 19.9. The molecule has 8 heteroatoms. The number of aromatic amines is 1. The van der Waals surface area contributed by atoms with Gasteiger partial charge in [0.15, 0.2) is 0 Å². The van der Waals surface area contributed by atoms with E-state index >= 15 is 0 Å². The van der Waals surface area contributed by atoms with E-state index in [4.69, 9.17) is 10.5 Å². The molecule has 30 heavy (non-hydrogen) atoms. The van der Waals surface area contributed by atoms with E-state index in [9.17, 15) is 18.0 Å². The number of nitrogens with two attached hydrogens (primary N) is 1. The van der Waals surface area contributed by atoms with E-state index in [0.717, 1.165) is 17.4 Å². The minimum Gasteiger partial charge on any atom is -0.497 e. The number of hydrogen-bond donors (Lipinski definition) is 1. The highest BCUT2D eigenvalue weighted by atomic mass is 32.1. The van der Waals surface area contributed by atoms with Gasteiger partial charge in [-0.15, -0.1) is 0 Å². The first-order valence-electron chi connectivity index (χ1n) is 8.89. The number of carbonyl (C=O) groups is 1. The van der Waals surface area contributed by atoms with Crippen LogP contribution in [0.3, 0.4) is 0 Å². The lowest BCUT2D eigenvalue weighted by Gasteiger charge is -2.08. The molecule has 0 saturated carbocycles. The third kappa shape index (κ3) is 3.50. The highest BCUT2D eigenvalue weighted by molar-refractivity contribution is 7.21. The predicted octanol–water partition coefficient (Wildman–Crippen LogP) is 5.22. The van der Waals surface area contributed by atoms with Crippen LogP contribution in [0, 0.1) is 0 Å². The Kier molecular flexibility index (Phi) is 4.95. The first-order chi connectivity index (χ1) is 14.3. The number of hydrogen-bond acceptors (Lipinski definition) is 4. The van der Waals surface area contributed by atoms with Gasteiger partial charge in [-0.25, -0.2) is 0 Å². The maximum absolute atomic E-state index is 13.9. The standard InChI is InChI=1S/C22H15F3N2O2S/c1-29-14-9-5-8-13(10-14)19(28)20-18(26)17-15(22(23,24)25)11-16(27-21(17)30-20)12-6-3-2-4-7-12/h2-11H,26H2,1H3/p+1. The SMILES string of the molecule is COc1cccc(C(=O)c2sc3[nH+]c(-c4ccccc4)cc(C(F)(F)F)c3c2N)c1. The van der Waals surface area contributed by atoms with Gasteiger partial charge in [-0.1, -0.05) is 41.7 Å². The van der Waals surface area contributed by atoms with Crippen molar-refractivity contribution in [2.45, 2.75) is 6.18 Å². The normalized spacial score (nSPS) is 11.6. The fourth-order valence-electron chi connectivity index (χ4n) is 3.24. The maximum atomic E-state index is 13.9. The van der Waals surface area contributed by atoms with E-state index in [2.05, 4.69) is 4.98 Å². The minimum atomic E-state index is -4.64. The Balaban J connectivity index is 1.93. The highest BCUT2D eigenvalue weighted by Gasteiger charge is 2.38. The van der Waals surface area contributed by atoms with Crippen molar-refractivity contribution >= 4 is 33.0 Å². The summed E-state index contributed by atoms with van der Waals surface area (Å²) in [6.45, 7) is 0. The Hall–Kier alpha value is -3.39. The van der Waals surface area contributed by atoms with Gasteiger partial charge < -0.3 is 10.5 Å². The molecule has 0 aliphatic rings. The molecule has 0 unspecified atom stereocenters. The van der Waals surface area contributed by atoms with Gasteiger partial charge in [0.25, 0.3) is 4.83 Å². The lowest BCUT2D eigenvalue weighted by Crippen LogP contribution is -2.14. The molecule has 0 aliphatic heterocycles. The Bertz CT molecular complexity index is 1250. The second-order valence-corrected chi connectivity index (χ2v) is 7.59. The molecule has 4 nitrogen and oxygen atoms in total. The van der Waals surface area contributed by atoms with Crippen molar-refractivity contribution in [1.82, 2.24) is 0 Å². The van der Waals surface area contributed by atoms with Crippen LogP contribution in [0.2, 0.25) is 0 Å². The molecule has 2 aromatic heterocycles. The van der Waals surface area contributed by atoms with E-state index in [1.54, 1.807) is 48.5 Å². The second kappa shape index (κ2) is 7.46. The summed E-state index contributed by atoms with van der Waals surface area (Å²) in [7, 11) is 1.47. The second-order valence-electron chi connectivity index (χ2n) is 6.57. The predicted molar refractivity (Wildman–Crippen MR) is 110 cm³/mol. The quantitative estimate of drug-likeness (QED) is 0.452. The van der Waals surface area contributed by atoms with Gasteiger partial charge in [-0.05, 0) is 24.3 Å². The molecule has 0 radical (unpaired) electrons. The monoisotopic (exact) mass is 429 g/mol. The summed E-state index contributed by atoms with van der Waals surface area (Å²) in [6, 6.07) is 16.1. The van der Waals surface area contributed by atoms with Crippen LogP contribution in [0.15, 0.2) is 60.7 Å². The number of halogens is 3. The van der Waals surface area contributed by atoms with Crippen molar-refractivity contribution in [3.8, 4) is 17.0 Å². The van der Waals surface area contributed by atoms with Crippen molar-refractivity contribution < 1.29 is 27.7 Å². The van der Waals surface area contributed by atoms with Gasteiger partial charge in [0.2, 0.25) is 11.5 Å². The largest absolute Gasteiger partial charge is 0.497 e. The highest BCUT2D eigenvalue weighted by Crippen LogP contribution is 2.42. The first-order valence-corrected chi connectivity index (χ1v) is 9.71. The van der Waals surface area contributed by atoms with Crippen molar-refractivity contribution in [3.05, 3.63) is 76.7 Å². The average Bonchev–Trinajstić information content (AvgIpc) is 3.09. The molecule has 152 valence electrons. The zero-order valence-corrected chi connectivity index (χ0v) is 16.5. The van der Waals surface area contributed by atoms with Crippen LogP contribution < -0.4 is 15.5 Å². The Morgan fingerprint density at radius 1 is 1.07 bits per heavy atom. The zero-order valence-electron chi connectivity index (χ0n) is 15.7. The van der Waals surface area contributed by atoms with Crippen LogP contribution in [-0.4, -0.2) is 12.9 Å². The van der Waals surface area contributed by atoms with E-state index in [0.29, 0.717) is 11.3 Å². The van der Waals surface area contributed by atoms with Crippen molar-refractivity contribution in [3.63, 3.8) is 0 Å². The number of benzene rings is 2. The number of carbonyl (C=O) groups excluding carboxylic acids is 1. The number of fused-ring (bicyclic) bond motifs is 1. The third-order valence-corrected chi connectivity index (χ3v) is 5.80. The molecule has 0 aliphatic carbocycles. The lowest BCUT2D eigenvalue weighted by molar-refractivity contribution is -0.328. The fourth-order valence-corrected chi connectivity index (χ4v) is 4.34.